The molecule has 0 saturated heterocycles. The molecular formula is C24H26N2O5. The van der Waals surface area contributed by atoms with Crippen LogP contribution in [-0.2, 0) is 14.3 Å². The van der Waals surface area contributed by atoms with Crippen molar-refractivity contribution >= 4 is 18.0 Å². The SMILES string of the molecule is C[C@H](CC(=O)O)NC(=O)C(NC(=O)OCC1c2ccccc2-c2ccccc21)C1CC1. The van der Waals surface area contributed by atoms with Gasteiger partial charge < -0.3 is 20.5 Å². The number of alkyl carbamates (subject to hydrolysis) is 1. The minimum Gasteiger partial charge on any atom is -0.481 e. The molecule has 7 heteroatoms. The molecule has 0 aliphatic heterocycles. The molecule has 2 aromatic carbocycles. The van der Waals surface area contributed by atoms with Crippen LogP contribution in [0, 0.1) is 5.92 Å². The fourth-order valence-electron chi connectivity index (χ4n) is 4.24. The number of amides is 2. The van der Waals surface area contributed by atoms with E-state index in [0.29, 0.717) is 0 Å². The fraction of sp³-hybridized carbons (Fsp3) is 0.375. The van der Waals surface area contributed by atoms with Crippen molar-refractivity contribution < 1.29 is 24.2 Å². The number of hydrogen-bond acceptors (Lipinski definition) is 4. The Bertz CT molecular complexity index is 955. The Morgan fingerprint density at radius 3 is 2.13 bits per heavy atom. The summed E-state index contributed by atoms with van der Waals surface area (Å²) in [7, 11) is 0. The predicted octanol–water partition coefficient (Wildman–Crippen LogP) is 3.28. The van der Waals surface area contributed by atoms with Gasteiger partial charge in [-0.25, -0.2) is 4.79 Å². The molecule has 1 fully saturated rings. The lowest BCUT2D eigenvalue weighted by atomic mass is 9.98. The first-order valence-corrected chi connectivity index (χ1v) is 10.6. The molecule has 2 amide bonds. The number of benzene rings is 2. The molecule has 7 nitrogen and oxygen atoms in total. The Morgan fingerprint density at radius 1 is 1.00 bits per heavy atom. The number of carbonyl (C=O) groups excluding carboxylic acids is 2. The average molecular weight is 422 g/mol. The molecule has 4 rings (SSSR count). The van der Waals surface area contributed by atoms with Crippen LogP contribution >= 0.6 is 0 Å². The van der Waals surface area contributed by atoms with Gasteiger partial charge in [0.15, 0.2) is 0 Å². The van der Waals surface area contributed by atoms with E-state index < -0.39 is 24.1 Å². The van der Waals surface area contributed by atoms with Gasteiger partial charge in [-0.1, -0.05) is 48.5 Å². The third-order valence-electron chi connectivity index (χ3n) is 5.86. The molecule has 0 bridgehead atoms. The van der Waals surface area contributed by atoms with Crippen LogP contribution < -0.4 is 10.6 Å². The van der Waals surface area contributed by atoms with Crippen molar-refractivity contribution in [3.63, 3.8) is 0 Å². The molecule has 2 aliphatic carbocycles. The van der Waals surface area contributed by atoms with Gasteiger partial charge in [0, 0.05) is 12.0 Å². The second-order valence-electron chi connectivity index (χ2n) is 8.29. The van der Waals surface area contributed by atoms with Crippen molar-refractivity contribution in [1.82, 2.24) is 10.6 Å². The molecule has 1 unspecified atom stereocenters. The van der Waals surface area contributed by atoms with E-state index in [2.05, 4.69) is 22.8 Å². The van der Waals surface area contributed by atoms with Gasteiger partial charge in [-0.05, 0) is 47.9 Å². The maximum atomic E-state index is 12.6. The molecule has 162 valence electrons. The van der Waals surface area contributed by atoms with Crippen molar-refractivity contribution in [2.75, 3.05) is 6.61 Å². The smallest absolute Gasteiger partial charge is 0.407 e. The topological polar surface area (TPSA) is 105 Å². The zero-order chi connectivity index (χ0) is 22.0. The zero-order valence-corrected chi connectivity index (χ0v) is 17.3. The molecular weight excluding hydrogens is 396 g/mol. The average Bonchev–Trinajstić information content (AvgIpc) is 3.52. The monoisotopic (exact) mass is 422 g/mol. The number of fused-ring (bicyclic) bond motifs is 3. The van der Waals surface area contributed by atoms with E-state index in [1.165, 1.54) is 0 Å². The minimum atomic E-state index is -0.986. The first kappa shape index (κ1) is 20.9. The van der Waals surface area contributed by atoms with Gasteiger partial charge in [-0.3, -0.25) is 9.59 Å². The van der Waals surface area contributed by atoms with Gasteiger partial charge in [-0.2, -0.15) is 0 Å². The maximum absolute atomic E-state index is 12.6. The van der Waals surface area contributed by atoms with E-state index in [-0.39, 0.29) is 30.8 Å². The Hall–Kier alpha value is -3.35. The van der Waals surface area contributed by atoms with Crippen molar-refractivity contribution in [2.24, 2.45) is 5.92 Å². The highest BCUT2D eigenvalue weighted by Crippen LogP contribution is 2.44. The third-order valence-corrected chi connectivity index (χ3v) is 5.86. The van der Waals surface area contributed by atoms with Crippen molar-refractivity contribution in [2.45, 2.75) is 44.2 Å². The van der Waals surface area contributed by atoms with Gasteiger partial charge >= 0.3 is 12.1 Å². The molecule has 0 radical (unpaired) electrons. The normalized spacial score (nSPS) is 16.5. The van der Waals surface area contributed by atoms with Crippen LogP contribution in [0.2, 0.25) is 0 Å². The number of carboxylic acid groups (broad SMARTS) is 1. The van der Waals surface area contributed by atoms with E-state index in [4.69, 9.17) is 9.84 Å². The predicted molar refractivity (Wildman–Crippen MR) is 115 cm³/mol. The summed E-state index contributed by atoms with van der Waals surface area (Å²) in [4.78, 5) is 35.9. The molecule has 2 aromatic rings. The largest absolute Gasteiger partial charge is 0.481 e. The molecule has 0 spiro atoms. The summed E-state index contributed by atoms with van der Waals surface area (Å²) in [6, 6.07) is 14.9. The van der Waals surface area contributed by atoms with Crippen molar-refractivity contribution in [3.8, 4) is 11.1 Å². The number of carboxylic acids is 1. The highest BCUT2D eigenvalue weighted by molar-refractivity contribution is 5.87. The summed E-state index contributed by atoms with van der Waals surface area (Å²) in [5.74, 6) is -1.36. The third kappa shape index (κ3) is 4.71. The van der Waals surface area contributed by atoms with Gasteiger partial charge in [0.2, 0.25) is 5.91 Å². The number of carbonyl (C=O) groups is 3. The summed E-state index contributed by atoms with van der Waals surface area (Å²) in [5, 5.41) is 14.2. The lowest BCUT2D eigenvalue weighted by Gasteiger charge is -2.21. The second kappa shape index (κ2) is 8.79. The highest BCUT2D eigenvalue weighted by atomic mass is 16.5. The van der Waals surface area contributed by atoms with E-state index in [1.54, 1.807) is 6.92 Å². The van der Waals surface area contributed by atoms with Crippen LogP contribution in [-0.4, -0.2) is 41.8 Å². The summed E-state index contributed by atoms with van der Waals surface area (Å²) in [6.07, 6.45) is 0.873. The van der Waals surface area contributed by atoms with Crippen LogP contribution in [0.4, 0.5) is 4.79 Å². The quantitative estimate of drug-likeness (QED) is 0.606. The molecule has 3 N–H and O–H groups in total. The first-order chi connectivity index (χ1) is 14.9. The van der Waals surface area contributed by atoms with Gasteiger partial charge in [0.05, 0.1) is 6.42 Å². The van der Waals surface area contributed by atoms with Crippen LogP contribution in [0.15, 0.2) is 48.5 Å². The number of aliphatic carboxylic acids is 1. The summed E-state index contributed by atoms with van der Waals surface area (Å²) >= 11 is 0. The molecule has 2 atom stereocenters. The molecule has 0 aromatic heterocycles. The highest BCUT2D eigenvalue weighted by Gasteiger charge is 2.38. The summed E-state index contributed by atoms with van der Waals surface area (Å²) in [5.41, 5.74) is 4.54. The molecule has 2 aliphatic rings. The minimum absolute atomic E-state index is 0.0533. The van der Waals surface area contributed by atoms with E-state index in [1.807, 2.05) is 36.4 Å². The van der Waals surface area contributed by atoms with E-state index >= 15 is 0 Å². The Morgan fingerprint density at radius 2 is 1.58 bits per heavy atom. The fourth-order valence-corrected chi connectivity index (χ4v) is 4.24. The Balaban J connectivity index is 1.38. The van der Waals surface area contributed by atoms with Crippen LogP contribution in [0.5, 0.6) is 0 Å². The molecule has 1 saturated carbocycles. The van der Waals surface area contributed by atoms with E-state index in [0.717, 1.165) is 35.1 Å². The Kier molecular flexibility index (Phi) is 5.93. The standard InChI is InChI=1S/C24H26N2O5/c1-14(12-21(27)28)25-23(29)22(15-10-11-15)26-24(30)31-13-20-18-8-4-2-6-16(18)17-7-3-5-9-19(17)20/h2-9,14-15,20,22H,10-13H2,1H3,(H,25,29)(H,26,30)(H,27,28)/t14-,22?/m1/s1. The lowest BCUT2D eigenvalue weighted by Crippen LogP contribution is -2.50. The molecule has 0 heterocycles. The van der Waals surface area contributed by atoms with Gasteiger partial charge in [0.1, 0.15) is 12.6 Å². The summed E-state index contributed by atoms with van der Waals surface area (Å²) in [6.45, 7) is 1.80. The van der Waals surface area contributed by atoms with Gasteiger partial charge in [-0.15, -0.1) is 0 Å². The number of rotatable bonds is 8. The number of hydrogen-bond donors (Lipinski definition) is 3. The first-order valence-electron chi connectivity index (χ1n) is 10.6. The lowest BCUT2D eigenvalue weighted by molar-refractivity contribution is -0.137. The number of nitrogens with one attached hydrogen (secondary N) is 2. The van der Waals surface area contributed by atoms with Crippen LogP contribution in [0.3, 0.4) is 0 Å². The second-order valence-corrected chi connectivity index (χ2v) is 8.29. The Labute approximate surface area is 180 Å². The van der Waals surface area contributed by atoms with E-state index in [9.17, 15) is 14.4 Å². The van der Waals surface area contributed by atoms with Crippen LogP contribution in [0.1, 0.15) is 43.2 Å². The zero-order valence-electron chi connectivity index (χ0n) is 17.3. The molecule has 31 heavy (non-hydrogen) atoms. The van der Waals surface area contributed by atoms with Crippen molar-refractivity contribution in [3.05, 3.63) is 59.7 Å². The van der Waals surface area contributed by atoms with Crippen LogP contribution in [0.25, 0.3) is 11.1 Å². The number of ether oxygens (including phenoxy) is 1. The summed E-state index contributed by atoms with van der Waals surface area (Å²) < 4.78 is 5.54. The van der Waals surface area contributed by atoms with Crippen molar-refractivity contribution in [1.29, 1.82) is 0 Å². The van der Waals surface area contributed by atoms with Gasteiger partial charge in [0.25, 0.3) is 0 Å². The maximum Gasteiger partial charge on any atom is 0.407 e.